The van der Waals surface area contributed by atoms with Gasteiger partial charge < -0.3 is 59.1 Å². The van der Waals surface area contributed by atoms with Gasteiger partial charge in [0, 0.05) is 53.0 Å². The zero-order chi connectivity index (χ0) is 59.2. The minimum atomic E-state index is -1.38. The number of nitrogens with zero attached hydrogens (tertiary/aromatic N) is 2. The zero-order valence-corrected chi connectivity index (χ0v) is 48.9. The van der Waals surface area contributed by atoms with Gasteiger partial charge in [0.25, 0.3) is 0 Å². The van der Waals surface area contributed by atoms with Crippen LogP contribution in [0.5, 0.6) is 5.75 Å². The number of aliphatic hydroxyl groups is 1. The molecule has 0 spiro atoms. The molecule has 0 bridgehead atoms. The Morgan fingerprint density at radius 2 is 1.51 bits per heavy atom. The molecule has 2 fully saturated rings. The molecule has 4 N–H and O–H groups in total. The molecule has 440 valence electrons. The van der Waals surface area contributed by atoms with Crippen LogP contribution in [0.4, 0.5) is 4.79 Å². The summed E-state index contributed by atoms with van der Waals surface area (Å²) >= 11 is 0. The van der Waals surface area contributed by atoms with Crippen LogP contribution in [-0.4, -0.2) is 150 Å². The van der Waals surface area contributed by atoms with Crippen LogP contribution < -0.4 is 15.4 Å². The number of rotatable bonds is 28. The van der Waals surface area contributed by atoms with Gasteiger partial charge in [-0.1, -0.05) is 105 Å². The summed E-state index contributed by atoms with van der Waals surface area (Å²) in [6, 6.07) is 10.5. The largest absolute Gasteiger partial charge is 0.478 e. The molecule has 2 aromatic rings. The predicted octanol–water partition coefficient (Wildman–Crippen LogP) is 6.92. The molecule has 0 radical (unpaired) electrons. The molecule has 0 aliphatic carbocycles. The highest BCUT2D eigenvalue weighted by atomic mass is 16.7. The third-order valence-corrected chi connectivity index (χ3v) is 16.0. The van der Waals surface area contributed by atoms with Gasteiger partial charge in [-0.05, 0) is 73.6 Å². The zero-order valence-electron chi connectivity index (χ0n) is 48.9. The number of carbonyl (C=O) groups is 8. The number of carboxylic acid groups (broad SMARTS) is 1. The fourth-order valence-electron chi connectivity index (χ4n) is 10.9. The van der Waals surface area contributed by atoms with Gasteiger partial charge in [0.05, 0.1) is 54.8 Å². The number of carboxylic acids is 1. The topological polar surface area (TPSA) is 263 Å². The van der Waals surface area contributed by atoms with Gasteiger partial charge in [-0.3, -0.25) is 28.8 Å². The standard InChI is InChI=1S/C59H88N4O16/c1-16-33(6)49(47(74-14)29-48(67)63-26-20-23-44(63)53(75-15)36(9)55(69)60-37(10)51(68)41-21-18-17-19-22-41)61-56(70)42(31(2)3)28-45(66)50(32(4)5)62(13)59(73)76-30-40-24-25-46(43(27-40)57(71)72)78-58-54(77-39(12)65)35(8)34(7)52(79-58)38(11)64/h17-19,21-22,24-25,27,31-37,42,44,47,49-54,58,68H,16,20,23,26,28-30H2,1-15H3,(H,60,69)(H,61,70)(H,71,72)/t33?,34-,35-,36+,37+,42-,44-,47+,49-,50-,51+,52-,53+,54+,58+/m0/s1. The number of likely N-dealkylation sites (N-methyl/N-ethyl adjacent to an activating group) is 1. The maximum absolute atomic E-state index is 14.4. The van der Waals surface area contributed by atoms with Crippen LogP contribution >= 0.6 is 0 Å². The first-order valence-corrected chi connectivity index (χ1v) is 27.7. The Balaban J connectivity index is 1.44. The number of methoxy groups -OCH3 is 2. The van der Waals surface area contributed by atoms with Crippen molar-refractivity contribution in [2.45, 2.75) is 183 Å². The first-order chi connectivity index (χ1) is 37.2. The van der Waals surface area contributed by atoms with Crippen LogP contribution in [0.15, 0.2) is 48.5 Å². The lowest BCUT2D eigenvalue weighted by Crippen LogP contribution is -2.55. The van der Waals surface area contributed by atoms with Crippen molar-refractivity contribution in [2.75, 3.05) is 27.8 Å². The molecule has 0 saturated carbocycles. The van der Waals surface area contributed by atoms with E-state index in [4.69, 9.17) is 28.4 Å². The number of benzene rings is 2. The van der Waals surface area contributed by atoms with E-state index < -0.39 is 109 Å². The second kappa shape index (κ2) is 30.0. The van der Waals surface area contributed by atoms with E-state index in [9.17, 15) is 48.6 Å². The number of nitrogens with one attached hydrogen (secondary N) is 2. The van der Waals surface area contributed by atoms with Crippen LogP contribution in [0.1, 0.15) is 143 Å². The van der Waals surface area contributed by atoms with E-state index in [0.29, 0.717) is 31.4 Å². The van der Waals surface area contributed by atoms with Crippen molar-refractivity contribution >= 4 is 47.3 Å². The SMILES string of the molecule is CCC(C)[C@H](NC(=O)[C@@H](CC(=O)[C@H](C(C)C)N(C)C(=O)OCc1ccc(O[C@@H]2O[C@H](C(C)=O)[C@@H](C)[C@H](C)[C@H]2OC(C)=O)c(C(=O)O)c1)C(C)C)[C@@H](CC(=O)N1CCC[C@H]1[C@H](OC)[C@@H](C)C(=O)N[C@H](C)[C@@H](O)c1ccccc1)OC. The van der Waals surface area contributed by atoms with E-state index in [0.717, 1.165) is 0 Å². The number of hydrogen-bond donors (Lipinski definition) is 4. The number of esters is 1. The van der Waals surface area contributed by atoms with E-state index in [1.54, 1.807) is 58.6 Å². The first kappa shape index (κ1) is 65.6. The Morgan fingerprint density at radius 3 is 2.06 bits per heavy atom. The highest BCUT2D eigenvalue weighted by Gasteiger charge is 2.47. The number of aromatic carboxylic acids is 1. The van der Waals surface area contributed by atoms with Crippen LogP contribution in [0, 0.1) is 41.4 Å². The lowest BCUT2D eigenvalue weighted by atomic mass is 9.82. The lowest BCUT2D eigenvalue weighted by Gasteiger charge is -2.42. The summed E-state index contributed by atoms with van der Waals surface area (Å²) in [5, 5.41) is 27.2. The van der Waals surface area contributed by atoms with Crippen molar-refractivity contribution in [2.24, 2.45) is 41.4 Å². The predicted molar refractivity (Wildman–Crippen MR) is 292 cm³/mol. The molecule has 2 heterocycles. The number of carbonyl (C=O) groups excluding carboxylic acids is 7. The molecule has 2 saturated heterocycles. The van der Waals surface area contributed by atoms with E-state index >= 15 is 0 Å². The summed E-state index contributed by atoms with van der Waals surface area (Å²) < 4.78 is 35.0. The lowest BCUT2D eigenvalue weighted by molar-refractivity contribution is -0.242. The van der Waals surface area contributed by atoms with Gasteiger partial charge in [0.2, 0.25) is 24.0 Å². The van der Waals surface area contributed by atoms with Crippen LogP contribution in [0.3, 0.4) is 0 Å². The third kappa shape index (κ3) is 17.0. The minimum absolute atomic E-state index is 0.0857. The van der Waals surface area contributed by atoms with Crippen molar-refractivity contribution < 1.29 is 77.0 Å². The maximum atomic E-state index is 14.4. The molecule has 79 heavy (non-hydrogen) atoms. The van der Waals surface area contributed by atoms with E-state index in [2.05, 4.69) is 10.6 Å². The van der Waals surface area contributed by atoms with Crippen LogP contribution in [0.25, 0.3) is 0 Å². The number of Topliss-reactive ketones (excluding diaryl/α,β-unsaturated/α-hetero) is 2. The van der Waals surface area contributed by atoms with Gasteiger partial charge in [-0.25, -0.2) is 9.59 Å². The molecule has 2 aliphatic heterocycles. The van der Waals surface area contributed by atoms with Gasteiger partial charge in [-0.2, -0.15) is 0 Å². The summed E-state index contributed by atoms with van der Waals surface area (Å²) in [6.07, 6.45) is -4.80. The van der Waals surface area contributed by atoms with E-state index in [-0.39, 0.29) is 77.5 Å². The summed E-state index contributed by atoms with van der Waals surface area (Å²) in [6.45, 7) is 20.8. The monoisotopic (exact) mass is 1110 g/mol. The molecular formula is C59H88N4O16. The highest BCUT2D eigenvalue weighted by molar-refractivity contribution is 5.92. The second-order valence-corrected chi connectivity index (χ2v) is 22.3. The molecule has 2 aromatic carbocycles. The van der Waals surface area contributed by atoms with Gasteiger partial charge in [0.1, 0.15) is 24.0 Å². The Labute approximate surface area is 466 Å². The summed E-state index contributed by atoms with van der Waals surface area (Å²) in [4.78, 5) is 110. The highest BCUT2D eigenvalue weighted by Crippen LogP contribution is 2.36. The Morgan fingerprint density at radius 1 is 0.848 bits per heavy atom. The fraction of sp³-hybridized carbons (Fsp3) is 0.661. The van der Waals surface area contributed by atoms with Crippen molar-refractivity contribution in [3.05, 3.63) is 65.2 Å². The normalized spacial score (nSPS) is 22.7. The minimum Gasteiger partial charge on any atom is -0.478 e. The van der Waals surface area contributed by atoms with Crippen molar-refractivity contribution in [3.63, 3.8) is 0 Å². The van der Waals surface area contributed by atoms with Crippen LogP contribution in [0.2, 0.25) is 0 Å². The first-order valence-electron chi connectivity index (χ1n) is 27.7. The smallest absolute Gasteiger partial charge is 0.410 e. The molecule has 15 atom stereocenters. The van der Waals surface area contributed by atoms with Gasteiger partial charge >= 0.3 is 18.0 Å². The molecule has 2 aliphatic rings. The molecule has 20 heteroatoms. The summed E-state index contributed by atoms with van der Waals surface area (Å²) in [5.74, 6) is -6.92. The molecular weight excluding hydrogens is 1020 g/mol. The summed E-state index contributed by atoms with van der Waals surface area (Å²) in [5.41, 5.74) is 0.624. The van der Waals surface area contributed by atoms with Gasteiger partial charge in [0.15, 0.2) is 17.7 Å². The van der Waals surface area contributed by atoms with Crippen molar-refractivity contribution in [3.8, 4) is 5.75 Å². The number of ketones is 2. The quantitative estimate of drug-likeness (QED) is 0.0630. The average Bonchev–Trinajstić information content (AvgIpc) is 3.93. The fourth-order valence-corrected chi connectivity index (χ4v) is 10.9. The van der Waals surface area contributed by atoms with Crippen molar-refractivity contribution in [1.82, 2.24) is 20.4 Å². The summed E-state index contributed by atoms with van der Waals surface area (Å²) in [7, 11) is 4.42. The van der Waals surface area contributed by atoms with Gasteiger partial charge in [-0.15, -0.1) is 0 Å². The Kier molecular flexibility index (Phi) is 24.9. The van der Waals surface area contributed by atoms with Crippen molar-refractivity contribution in [1.29, 1.82) is 0 Å². The Hall–Kier alpha value is -5.96. The Bertz CT molecular complexity index is 2400. The maximum Gasteiger partial charge on any atom is 0.410 e. The molecule has 0 aromatic heterocycles. The average molecular weight is 1110 g/mol. The number of amides is 4. The molecule has 4 amide bonds. The number of hydrogen-bond acceptors (Lipinski definition) is 15. The molecule has 20 nitrogen and oxygen atoms in total. The molecule has 4 rings (SSSR count). The number of likely N-dealkylation sites (tertiary alicyclic amines) is 1. The second-order valence-electron chi connectivity index (χ2n) is 22.3. The van der Waals surface area contributed by atoms with E-state index in [1.165, 1.54) is 58.2 Å². The number of aliphatic hydroxyl groups excluding tert-OH is 1. The molecule has 1 unspecified atom stereocenters. The third-order valence-electron chi connectivity index (χ3n) is 16.0. The van der Waals surface area contributed by atoms with E-state index in [1.807, 2.05) is 45.9 Å². The van der Waals surface area contributed by atoms with Crippen LogP contribution in [-0.2, 0) is 59.1 Å². The number of ether oxygens (including phenoxy) is 6.